The Bertz CT molecular complexity index is 1110. The average molecular weight is 667 g/mol. The molecule has 0 aliphatic carbocycles. The maximum absolute atomic E-state index is 12.1. The number of rotatable bonds is 20. The summed E-state index contributed by atoms with van der Waals surface area (Å²) in [5.74, 6) is 1.46. The SMILES string of the molecule is CCCC(=O)OC1C(O)COC(Oc2c(C)c(C)c(O)c(CCC(C)(O)CCCC(C)(O)CCCC(C)CCCC(C)C)c2C)C1O. The summed E-state index contributed by atoms with van der Waals surface area (Å²) >= 11 is 0. The molecule has 5 N–H and O–H groups in total. The smallest absolute Gasteiger partial charge is 0.306 e. The summed E-state index contributed by atoms with van der Waals surface area (Å²) < 4.78 is 17.1. The summed E-state index contributed by atoms with van der Waals surface area (Å²) in [6.45, 7) is 17.6. The van der Waals surface area contributed by atoms with Gasteiger partial charge in [0.2, 0.25) is 6.29 Å². The zero-order valence-electron chi connectivity index (χ0n) is 30.7. The van der Waals surface area contributed by atoms with Gasteiger partial charge >= 0.3 is 5.97 Å². The van der Waals surface area contributed by atoms with Crippen molar-refractivity contribution in [3.8, 4) is 11.5 Å². The fourth-order valence-corrected chi connectivity index (χ4v) is 6.55. The van der Waals surface area contributed by atoms with Crippen molar-refractivity contribution in [2.45, 2.75) is 182 Å². The number of hydrogen-bond acceptors (Lipinski definition) is 9. The minimum Gasteiger partial charge on any atom is -0.507 e. The van der Waals surface area contributed by atoms with Crippen molar-refractivity contribution in [3.63, 3.8) is 0 Å². The van der Waals surface area contributed by atoms with Gasteiger partial charge in [-0.25, -0.2) is 0 Å². The molecule has 1 aromatic rings. The van der Waals surface area contributed by atoms with Gasteiger partial charge < -0.3 is 39.7 Å². The van der Waals surface area contributed by atoms with Gasteiger partial charge in [-0.1, -0.05) is 59.8 Å². The Labute approximate surface area is 284 Å². The topological polar surface area (TPSA) is 146 Å². The van der Waals surface area contributed by atoms with Crippen LogP contribution in [0.1, 0.15) is 141 Å². The summed E-state index contributed by atoms with van der Waals surface area (Å²) in [4.78, 5) is 12.1. The van der Waals surface area contributed by atoms with E-state index in [1.807, 2.05) is 20.8 Å². The monoisotopic (exact) mass is 666 g/mol. The second-order valence-electron chi connectivity index (χ2n) is 15.3. The van der Waals surface area contributed by atoms with Crippen LogP contribution in [0.15, 0.2) is 0 Å². The quantitative estimate of drug-likeness (QED) is 0.0957. The van der Waals surface area contributed by atoms with Crippen molar-refractivity contribution in [1.82, 2.24) is 0 Å². The molecule has 0 spiro atoms. The molecule has 0 aromatic heterocycles. The number of phenolic OH excluding ortho intramolecular Hbond substituents is 1. The van der Waals surface area contributed by atoms with Crippen LogP contribution in [-0.2, 0) is 20.7 Å². The van der Waals surface area contributed by atoms with Gasteiger partial charge in [0.15, 0.2) is 12.2 Å². The Morgan fingerprint density at radius 2 is 1.49 bits per heavy atom. The number of aliphatic hydroxyl groups excluding tert-OH is 2. The first-order valence-electron chi connectivity index (χ1n) is 18.0. The maximum atomic E-state index is 12.1. The molecule has 2 rings (SSSR count). The minimum atomic E-state index is -1.42. The van der Waals surface area contributed by atoms with E-state index in [2.05, 4.69) is 20.8 Å². The predicted molar refractivity (Wildman–Crippen MR) is 185 cm³/mol. The van der Waals surface area contributed by atoms with Gasteiger partial charge in [-0.2, -0.15) is 0 Å². The molecule has 7 atom stereocenters. The van der Waals surface area contributed by atoms with Crippen molar-refractivity contribution >= 4 is 5.97 Å². The third kappa shape index (κ3) is 13.1. The molecule has 1 aliphatic rings. The van der Waals surface area contributed by atoms with Crippen LogP contribution in [0.2, 0.25) is 0 Å². The Hall–Kier alpha value is -1.91. The van der Waals surface area contributed by atoms with Crippen LogP contribution in [0.5, 0.6) is 11.5 Å². The average Bonchev–Trinajstić information content (AvgIpc) is 2.97. The highest BCUT2D eigenvalue weighted by molar-refractivity contribution is 5.69. The first kappa shape index (κ1) is 41.3. The van der Waals surface area contributed by atoms with Gasteiger partial charge in [0.25, 0.3) is 0 Å². The normalized spacial score (nSPS) is 23.3. The number of hydrogen-bond donors (Lipinski definition) is 5. The molecule has 0 amide bonds. The van der Waals surface area contributed by atoms with Crippen LogP contribution in [0.3, 0.4) is 0 Å². The van der Waals surface area contributed by atoms with E-state index in [1.165, 1.54) is 19.3 Å². The lowest BCUT2D eigenvalue weighted by molar-refractivity contribution is -0.249. The fourth-order valence-electron chi connectivity index (χ4n) is 6.55. The second-order valence-corrected chi connectivity index (χ2v) is 15.3. The summed E-state index contributed by atoms with van der Waals surface area (Å²) in [7, 11) is 0. The molecule has 47 heavy (non-hydrogen) atoms. The van der Waals surface area contributed by atoms with Crippen LogP contribution in [-0.4, -0.2) is 73.9 Å². The number of esters is 1. The van der Waals surface area contributed by atoms with Gasteiger partial charge in [0.05, 0.1) is 17.8 Å². The number of carbonyl (C=O) groups excluding carboxylic acids is 1. The molecule has 7 unspecified atom stereocenters. The molecular weight excluding hydrogens is 600 g/mol. The number of ether oxygens (including phenoxy) is 3. The lowest BCUT2D eigenvalue weighted by Crippen LogP contribution is -2.56. The summed E-state index contributed by atoms with van der Waals surface area (Å²) in [6, 6.07) is 0. The van der Waals surface area contributed by atoms with E-state index in [0.717, 1.165) is 25.2 Å². The van der Waals surface area contributed by atoms with E-state index in [-0.39, 0.29) is 18.8 Å². The highest BCUT2D eigenvalue weighted by atomic mass is 16.7. The molecule has 0 saturated carbocycles. The first-order valence-corrected chi connectivity index (χ1v) is 18.0. The van der Waals surface area contributed by atoms with E-state index in [4.69, 9.17) is 14.2 Å². The van der Waals surface area contributed by atoms with Crippen molar-refractivity contribution in [2.24, 2.45) is 11.8 Å². The Morgan fingerprint density at radius 3 is 2.11 bits per heavy atom. The molecule has 9 heteroatoms. The second kappa shape index (κ2) is 18.7. The van der Waals surface area contributed by atoms with Gasteiger partial charge in [-0.3, -0.25) is 4.79 Å². The zero-order chi connectivity index (χ0) is 35.5. The number of carbonyl (C=O) groups is 1. The third-order valence-electron chi connectivity index (χ3n) is 9.95. The van der Waals surface area contributed by atoms with Crippen molar-refractivity contribution < 1.29 is 44.5 Å². The third-order valence-corrected chi connectivity index (χ3v) is 9.95. The summed E-state index contributed by atoms with van der Waals surface area (Å²) in [5.41, 5.74) is 0.802. The lowest BCUT2D eigenvalue weighted by atomic mass is 9.85. The standard InChI is InChI=1S/C38H66O9/c1-10-14-31(40)46-35-30(39)23-45-36(33(35)42)47-34-27(6)26(5)32(41)29(28(34)7)18-22-38(9,44)21-13-20-37(8,43)19-12-17-25(4)16-11-15-24(2)3/h24-25,30,33,35-36,39,41-44H,10-23H2,1-9H3. The maximum Gasteiger partial charge on any atom is 0.306 e. The van der Waals surface area contributed by atoms with E-state index in [9.17, 15) is 30.3 Å². The molecule has 1 aromatic carbocycles. The van der Waals surface area contributed by atoms with Crippen LogP contribution >= 0.6 is 0 Å². The predicted octanol–water partition coefficient (Wildman–Crippen LogP) is 6.72. The van der Waals surface area contributed by atoms with Gasteiger partial charge in [-0.05, 0) is 108 Å². The molecule has 272 valence electrons. The summed E-state index contributed by atoms with van der Waals surface area (Å²) in [5, 5.41) is 54.6. The number of phenols is 1. The Kier molecular flexibility index (Phi) is 16.5. The molecular formula is C38H66O9. The van der Waals surface area contributed by atoms with Crippen molar-refractivity contribution in [3.05, 3.63) is 22.3 Å². The lowest BCUT2D eigenvalue weighted by Gasteiger charge is -2.37. The molecule has 1 fully saturated rings. The van der Waals surface area contributed by atoms with E-state index in [0.29, 0.717) is 72.4 Å². The van der Waals surface area contributed by atoms with E-state index >= 15 is 0 Å². The zero-order valence-corrected chi connectivity index (χ0v) is 30.7. The van der Waals surface area contributed by atoms with Gasteiger partial charge in [0.1, 0.15) is 17.6 Å². The summed E-state index contributed by atoms with van der Waals surface area (Å²) in [6.07, 6.45) is 4.98. The molecule has 0 bridgehead atoms. The van der Waals surface area contributed by atoms with Gasteiger partial charge in [-0.15, -0.1) is 0 Å². The van der Waals surface area contributed by atoms with Crippen molar-refractivity contribution in [2.75, 3.05) is 6.61 Å². The van der Waals surface area contributed by atoms with E-state index < -0.39 is 41.8 Å². The van der Waals surface area contributed by atoms with Gasteiger partial charge in [0, 0.05) is 12.0 Å². The molecule has 1 aliphatic heterocycles. The Balaban J connectivity index is 1.99. The number of benzene rings is 1. The Morgan fingerprint density at radius 1 is 0.894 bits per heavy atom. The van der Waals surface area contributed by atoms with Crippen molar-refractivity contribution in [1.29, 1.82) is 0 Å². The molecule has 9 nitrogen and oxygen atoms in total. The fraction of sp³-hybridized carbons (Fsp3) is 0.816. The highest BCUT2D eigenvalue weighted by Gasteiger charge is 2.43. The van der Waals surface area contributed by atoms with Crippen LogP contribution in [0.4, 0.5) is 0 Å². The van der Waals surface area contributed by atoms with Crippen LogP contribution < -0.4 is 4.74 Å². The number of aromatic hydroxyl groups is 1. The molecule has 1 saturated heterocycles. The number of aliphatic hydroxyl groups is 4. The largest absolute Gasteiger partial charge is 0.507 e. The van der Waals surface area contributed by atoms with E-state index in [1.54, 1.807) is 20.8 Å². The minimum absolute atomic E-state index is 0.136. The first-order chi connectivity index (χ1) is 21.9. The highest BCUT2D eigenvalue weighted by Crippen LogP contribution is 2.40. The van der Waals surface area contributed by atoms with Crippen LogP contribution in [0.25, 0.3) is 0 Å². The molecule has 0 radical (unpaired) electrons. The van der Waals surface area contributed by atoms with Crippen LogP contribution in [0, 0.1) is 32.6 Å². The molecule has 1 heterocycles.